The Morgan fingerprint density at radius 1 is 1.50 bits per heavy atom. The molecule has 2 rings (SSSR count). The second-order valence-corrected chi connectivity index (χ2v) is 4.01. The Bertz CT molecular complexity index is 393. The van der Waals surface area contributed by atoms with Gasteiger partial charge in [-0.3, -0.25) is 0 Å². The summed E-state index contributed by atoms with van der Waals surface area (Å²) < 4.78 is 30.8. The van der Waals surface area contributed by atoms with Crippen molar-refractivity contribution in [3.8, 4) is 0 Å². The van der Waals surface area contributed by atoms with Crippen LogP contribution in [0.25, 0.3) is 0 Å². The maximum Gasteiger partial charge on any atom is 0.357 e. The molecule has 0 amide bonds. The fourth-order valence-corrected chi connectivity index (χ4v) is 1.86. The molecule has 0 radical (unpaired) electrons. The average Bonchev–Trinajstić information content (AvgIpc) is 2.66. The van der Waals surface area contributed by atoms with Crippen LogP contribution in [-0.4, -0.2) is 22.0 Å². The first-order valence-corrected chi connectivity index (χ1v) is 5.04. The molecule has 1 aromatic heterocycles. The molecule has 0 atom stereocenters. The molecule has 0 aromatic carbocycles. The van der Waals surface area contributed by atoms with Crippen LogP contribution in [0.5, 0.6) is 0 Å². The van der Waals surface area contributed by atoms with E-state index in [0.29, 0.717) is 0 Å². The highest BCUT2D eigenvalue weighted by molar-refractivity contribution is 5.84. The summed E-state index contributed by atoms with van der Waals surface area (Å²) in [5, 5.41) is 8.64. The van der Waals surface area contributed by atoms with Crippen molar-refractivity contribution < 1.29 is 23.1 Å². The van der Waals surface area contributed by atoms with Crippen LogP contribution >= 0.6 is 0 Å². The SMILES string of the molecule is O=C(O)c1coc(C2CCC(F)(F)CC2)n1. The zero-order valence-corrected chi connectivity index (χ0v) is 8.45. The standard InChI is InChI=1S/C10H11F2NO3/c11-10(12)3-1-6(2-4-10)8-13-7(5-16-8)9(14)15/h5-6H,1-4H2,(H,14,15). The van der Waals surface area contributed by atoms with Crippen molar-refractivity contribution in [2.45, 2.75) is 37.5 Å². The molecule has 1 aliphatic rings. The summed E-state index contributed by atoms with van der Waals surface area (Å²) >= 11 is 0. The van der Waals surface area contributed by atoms with Gasteiger partial charge in [0, 0.05) is 18.8 Å². The van der Waals surface area contributed by atoms with Crippen LogP contribution in [-0.2, 0) is 0 Å². The number of oxazole rings is 1. The molecule has 1 fully saturated rings. The van der Waals surface area contributed by atoms with Crippen molar-refractivity contribution in [2.24, 2.45) is 0 Å². The van der Waals surface area contributed by atoms with Gasteiger partial charge in [-0.25, -0.2) is 18.6 Å². The van der Waals surface area contributed by atoms with E-state index >= 15 is 0 Å². The van der Waals surface area contributed by atoms with Crippen molar-refractivity contribution in [2.75, 3.05) is 0 Å². The van der Waals surface area contributed by atoms with Gasteiger partial charge in [-0.15, -0.1) is 0 Å². The molecule has 4 nitrogen and oxygen atoms in total. The quantitative estimate of drug-likeness (QED) is 0.849. The van der Waals surface area contributed by atoms with Gasteiger partial charge in [0.1, 0.15) is 6.26 Å². The summed E-state index contributed by atoms with van der Waals surface area (Å²) in [7, 11) is 0. The minimum Gasteiger partial charge on any atom is -0.476 e. The molecule has 0 unspecified atom stereocenters. The molecule has 0 bridgehead atoms. The number of rotatable bonds is 2. The van der Waals surface area contributed by atoms with Gasteiger partial charge >= 0.3 is 5.97 Å². The number of carbonyl (C=O) groups is 1. The molecule has 1 heterocycles. The predicted octanol–water partition coefficient (Wildman–Crippen LogP) is 2.67. The largest absolute Gasteiger partial charge is 0.476 e. The Labute approximate surface area is 90.3 Å². The van der Waals surface area contributed by atoms with Crippen LogP contribution in [0.15, 0.2) is 10.7 Å². The second kappa shape index (κ2) is 3.84. The van der Waals surface area contributed by atoms with Crippen molar-refractivity contribution in [1.82, 2.24) is 4.98 Å². The van der Waals surface area contributed by atoms with Gasteiger partial charge in [-0.05, 0) is 12.8 Å². The summed E-state index contributed by atoms with van der Waals surface area (Å²) in [6, 6.07) is 0. The molecule has 0 aliphatic heterocycles. The fourth-order valence-electron chi connectivity index (χ4n) is 1.86. The van der Waals surface area contributed by atoms with Crippen molar-refractivity contribution >= 4 is 5.97 Å². The van der Waals surface area contributed by atoms with Gasteiger partial charge in [0.15, 0.2) is 11.6 Å². The van der Waals surface area contributed by atoms with Gasteiger partial charge in [0.05, 0.1) is 0 Å². The Balaban J connectivity index is 2.05. The highest BCUT2D eigenvalue weighted by Crippen LogP contribution is 2.40. The molecule has 1 aliphatic carbocycles. The van der Waals surface area contributed by atoms with E-state index in [9.17, 15) is 13.6 Å². The van der Waals surface area contributed by atoms with Crippen molar-refractivity contribution in [3.05, 3.63) is 17.8 Å². The third-order valence-corrected chi connectivity index (χ3v) is 2.81. The maximum atomic E-state index is 12.9. The highest BCUT2D eigenvalue weighted by Gasteiger charge is 2.37. The molecule has 1 saturated carbocycles. The Kier molecular flexibility index (Phi) is 2.65. The summed E-state index contributed by atoms with van der Waals surface area (Å²) in [4.78, 5) is 14.3. The third kappa shape index (κ3) is 2.20. The third-order valence-electron chi connectivity index (χ3n) is 2.81. The Morgan fingerprint density at radius 3 is 2.62 bits per heavy atom. The normalized spacial score (nSPS) is 20.9. The van der Waals surface area contributed by atoms with Gasteiger partial charge in [0.25, 0.3) is 0 Å². The summed E-state index contributed by atoms with van der Waals surface area (Å²) in [6.07, 6.45) is 1.23. The lowest BCUT2D eigenvalue weighted by atomic mass is 9.87. The maximum absolute atomic E-state index is 12.9. The van der Waals surface area contributed by atoms with Crippen LogP contribution in [0.4, 0.5) is 8.78 Å². The molecule has 0 spiro atoms. The number of halogens is 2. The van der Waals surface area contributed by atoms with Crippen LogP contribution in [0.3, 0.4) is 0 Å². The number of carboxylic acid groups (broad SMARTS) is 1. The first-order chi connectivity index (χ1) is 7.48. The van der Waals surface area contributed by atoms with Crippen LogP contribution in [0, 0.1) is 0 Å². The number of hydrogen-bond donors (Lipinski definition) is 1. The Morgan fingerprint density at radius 2 is 2.12 bits per heavy atom. The molecule has 6 heteroatoms. The predicted molar refractivity (Wildman–Crippen MR) is 49.6 cm³/mol. The topological polar surface area (TPSA) is 63.3 Å². The number of carboxylic acids is 1. The van der Waals surface area contributed by atoms with Crippen LogP contribution in [0.2, 0.25) is 0 Å². The molecule has 1 N–H and O–H groups in total. The van der Waals surface area contributed by atoms with Gasteiger partial charge in [0.2, 0.25) is 5.92 Å². The lowest BCUT2D eigenvalue weighted by Gasteiger charge is -2.26. The van der Waals surface area contributed by atoms with E-state index in [4.69, 9.17) is 9.52 Å². The number of aromatic nitrogens is 1. The van der Waals surface area contributed by atoms with E-state index in [1.165, 1.54) is 0 Å². The van der Waals surface area contributed by atoms with Gasteiger partial charge < -0.3 is 9.52 Å². The molecule has 0 saturated heterocycles. The Hall–Kier alpha value is -1.46. The van der Waals surface area contributed by atoms with E-state index in [1.54, 1.807) is 0 Å². The van der Waals surface area contributed by atoms with Crippen molar-refractivity contribution in [3.63, 3.8) is 0 Å². The average molecular weight is 231 g/mol. The second-order valence-electron chi connectivity index (χ2n) is 4.01. The van der Waals surface area contributed by atoms with Crippen LogP contribution < -0.4 is 0 Å². The van der Waals surface area contributed by atoms with E-state index in [-0.39, 0.29) is 43.2 Å². The minimum atomic E-state index is -2.60. The fraction of sp³-hybridized carbons (Fsp3) is 0.600. The van der Waals surface area contributed by atoms with Gasteiger partial charge in [-0.2, -0.15) is 0 Å². The zero-order valence-electron chi connectivity index (χ0n) is 8.45. The first-order valence-electron chi connectivity index (χ1n) is 5.04. The molecule has 88 valence electrons. The smallest absolute Gasteiger partial charge is 0.357 e. The number of aromatic carboxylic acids is 1. The number of hydrogen-bond acceptors (Lipinski definition) is 3. The van der Waals surface area contributed by atoms with Crippen LogP contribution in [0.1, 0.15) is 48.0 Å². The van der Waals surface area contributed by atoms with E-state index in [1.807, 2.05) is 0 Å². The van der Waals surface area contributed by atoms with E-state index in [0.717, 1.165) is 6.26 Å². The highest BCUT2D eigenvalue weighted by atomic mass is 19.3. The monoisotopic (exact) mass is 231 g/mol. The lowest BCUT2D eigenvalue weighted by Crippen LogP contribution is -2.23. The number of nitrogens with zero attached hydrogens (tertiary/aromatic N) is 1. The van der Waals surface area contributed by atoms with Crippen molar-refractivity contribution in [1.29, 1.82) is 0 Å². The molecule has 16 heavy (non-hydrogen) atoms. The molecule has 1 aromatic rings. The van der Waals surface area contributed by atoms with Gasteiger partial charge in [-0.1, -0.05) is 0 Å². The van der Waals surface area contributed by atoms with E-state index in [2.05, 4.69) is 4.98 Å². The summed E-state index contributed by atoms with van der Waals surface area (Å²) in [5.74, 6) is -3.70. The lowest BCUT2D eigenvalue weighted by molar-refractivity contribution is -0.0399. The zero-order chi connectivity index (χ0) is 11.8. The summed E-state index contributed by atoms with van der Waals surface area (Å²) in [5.41, 5.74) is -0.174. The molecular formula is C10H11F2NO3. The molecular weight excluding hydrogens is 220 g/mol. The first kappa shape index (κ1) is 11.0. The minimum absolute atomic E-state index is 0.174. The number of alkyl halides is 2. The summed E-state index contributed by atoms with van der Waals surface area (Å²) in [6.45, 7) is 0. The van der Waals surface area contributed by atoms with E-state index < -0.39 is 11.9 Å².